The number of carbonyl (C=O) groups is 2. The van der Waals surface area contributed by atoms with Crippen molar-refractivity contribution in [1.82, 2.24) is 35.8 Å². The molecule has 0 aliphatic carbocycles. The second-order valence-electron chi connectivity index (χ2n) is 7.74. The molecule has 0 saturated carbocycles. The van der Waals surface area contributed by atoms with E-state index in [1.807, 2.05) is 24.7 Å². The molecule has 1 aliphatic heterocycles. The lowest BCUT2D eigenvalue weighted by Gasteiger charge is -2.06. The molecule has 1 aliphatic rings. The van der Waals surface area contributed by atoms with Gasteiger partial charge in [-0.1, -0.05) is 33.7 Å². The van der Waals surface area contributed by atoms with E-state index in [9.17, 15) is 18.0 Å². The van der Waals surface area contributed by atoms with E-state index in [0.717, 1.165) is 35.8 Å². The highest BCUT2D eigenvalue weighted by Gasteiger charge is 2.38. The summed E-state index contributed by atoms with van der Waals surface area (Å²) in [7, 11) is 0. The van der Waals surface area contributed by atoms with E-state index in [0.29, 0.717) is 17.7 Å². The number of urea groups is 1. The first-order valence-corrected chi connectivity index (χ1v) is 11.2. The zero-order valence-electron chi connectivity index (χ0n) is 18.8. The van der Waals surface area contributed by atoms with Gasteiger partial charge in [-0.15, -0.1) is 15.3 Å². The maximum atomic E-state index is 12.2. The van der Waals surface area contributed by atoms with Crippen molar-refractivity contribution in [1.29, 1.82) is 0 Å². The monoisotopic (exact) mass is 512 g/mol. The molecule has 0 spiro atoms. The number of alkyl halides is 3. The van der Waals surface area contributed by atoms with Gasteiger partial charge in [0, 0.05) is 12.1 Å². The van der Waals surface area contributed by atoms with Crippen LogP contribution in [0.5, 0.6) is 0 Å². The Balaban J connectivity index is 0.000000429. The summed E-state index contributed by atoms with van der Waals surface area (Å²) >= 11 is 1.34. The molecule has 0 radical (unpaired) electrons. The van der Waals surface area contributed by atoms with Crippen LogP contribution in [0.15, 0.2) is 24.4 Å². The molecule has 0 bridgehead atoms. The zero-order valence-corrected chi connectivity index (χ0v) is 19.6. The molecule has 4 rings (SSSR count). The maximum Gasteiger partial charge on any atom is 0.490 e. The Bertz CT molecular complexity index is 1150. The minimum Gasteiger partial charge on any atom is -0.475 e. The van der Waals surface area contributed by atoms with Crippen molar-refractivity contribution in [3.8, 4) is 10.6 Å². The average molecular weight is 513 g/mol. The van der Waals surface area contributed by atoms with E-state index in [-0.39, 0.29) is 6.03 Å². The fourth-order valence-corrected chi connectivity index (χ4v) is 3.96. The van der Waals surface area contributed by atoms with Gasteiger partial charge in [-0.05, 0) is 38.9 Å². The van der Waals surface area contributed by atoms with E-state index in [4.69, 9.17) is 9.90 Å². The Hall–Kier alpha value is -3.59. The number of carbonyl (C=O) groups excluding carboxylic acids is 1. The second-order valence-corrected chi connectivity index (χ2v) is 8.71. The average Bonchev–Trinajstić information content (AvgIpc) is 3.52. The molecule has 1 aromatic carbocycles. The normalized spacial score (nSPS) is 15.3. The standard InChI is InChI=1S/C18H22N8OS.C2HF3O2/c1-11-5-12(2)7-13(6-11)16-23-24-18(28-16)21-17(27)20-8-14-10-26(25-22-14)15-3-4-19-9-15;3-2(4,5)1(6)7/h5-7,10,15,19H,3-4,8-9H2,1-2H3,(H2,20,21,24,27);(H,6,7). The predicted molar refractivity (Wildman–Crippen MR) is 121 cm³/mol. The van der Waals surface area contributed by atoms with E-state index in [1.165, 1.54) is 22.5 Å². The highest BCUT2D eigenvalue weighted by atomic mass is 32.1. The summed E-state index contributed by atoms with van der Waals surface area (Å²) in [4.78, 5) is 21.1. The summed E-state index contributed by atoms with van der Waals surface area (Å²) in [6.45, 7) is 6.28. The summed E-state index contributed by atoms with van der Waals surface area (Å²) < 4.78 is 33.6. The third-order valence-corrected chi connectivity index (χ3v) is 5.64. The van der Waals surface area contributed by atoms with Gasteiger partial charge in [0.2, 0.25) is 5.13 Å². The topological polar surface area (TPSA) is 147 Å². The van der Waals surface area contributed by atoms with E-state index >= 15 is 0 Å². The summed E-state index contributed by atoms with van der Waals surface area (Å²) in [5.74, 6) is -2.76. The second kappa shape index (κ2) is 11.2. The van der Waals surface area contributed by atoms with Gasteiger partial charge < -0.3 is 15.7 Å². The Morgan fingerprint density at radius 2 is 1.89 bits per heavy atom. The Morgan fingerprint density at radius 1 is 1.20 bits per heavy atom. The summed E-state index contributed by atoms with van der Waals surface area (Å²) in [6, 6.07) is 6.21. The first-order chi connectivity index (χ1) is 16.5. The molecule has 3 heterocycles. The number of anilines is 1. The van der Waals surface area contributed by atoms with Crippen molar-refractivity contribution < 1.29 is 27.9 Å². The number of nitrogens with one attached hydrogen (secondary N) is 3. The molecular formula is C20H23F3N8O3S. The van der Waals surface area contributed by atoms with Crippen molar-refractivity contribution >= 4 is 28.5 Å². The van der Waals surface area contributed by atoms with Crippen molar-refractivity contribution in [2.24, 2.45) is 0 Å². The minimum absolute atomic E-state index is 0.300. The fourth-order valence-electron chi connectivity index (χ4n) is 3.24. The fraction of sp³-hybridized carbons (Fsp3) is 0.400. The van der Waals surface area contributed by atoms with Crippen LogP contribution in [0.2, 0.25) is 0 Å². The lowest BCUT2D eigenvalue weighted by molar-refractivity contribution is -0.192. The Labute approximate surface area is 201 Å². The zero-order chi connectivity index (χ0) is 25.6. The van der Waals surface area contributed by atoms with Crippen LogP contribution in [0.3, 0.4) is 0 Å². The molecule has 4 N–H and O–H groups in total. The third-order valence-electron chi connectivity index (χ3n) is 4.75. The molecule has 1 atom stereocenters. The van der Waals surface area contributed by atoms with Crippen LogP contribution in [0.25, 0.3) is 10.6 Å². The summed E-state index contributed by atoms with van der Waals surface area (Å²) in [5.41, 5.74) is 4.05. The SMILES string of the molecule is Cc1cc(C)cc(-c2nnc(NC(=O)NCc3cn(C4CCNC4)nn3)s2)c1.O=C(O)C(F)(F)F. The number of rotatable bonds is 5. The van der Waals surface area contributed by atoms with Gasteiger partial charge in [-0.3, -0.25) is 5.32 Å². The molecule has 15 heteroatoms. The Morgan fingerprint density at radius 3 is 2.49 bits per heavy atom. The van der Waals surface area contributed by atoms with Crippen LogP contribution in [-0.2, 0) is 11.3 Å². The number of halogens is 3. The first-order valence-electron chi connectivity index (χ1n) is 10.4. The number of benzene rings is 1. The number of amides is 2. The van der Waals surface area contributed by atoms with E-state index in [2.05, 4.69) is 54.7 Å². The van der Waals surface area contributed by atoms with Gasteiger partial charge in [0.05, 0.1) is 18.8 Å². The number of hydrogen-bond acceptors (Lipinski definition) is 8. The smallest absolute Gasteiger partial charge is 0.475 e. The van der Waals surface area contributed by atoms with Crippen LogP contribution in [0.1, 0.15) is 29.3 Å². The number of carboxylic acid groups (broad SMARTS) is 1. The number of carboxylic acids is 1. The van der Waals surface area contributed by atoms with Gasteiger partial charge in [-0.2, -0.15) is 13.2 Å². The van der Waals surface area contributed by atoms with Crippen molar-refractivity contribution in [3.05, 3.63) is 41.2 Å². The molecule has 11 nitrogen and oxygen atoms in total. The number of hydrogen-bond donors (Lipinski definition) is 4. The highest BCUT2D eigenvalue weighted by Crippen LogP contribution is 2.27. The van der Waals surface area contributed by atoms with Crippen molar-refractivity contribution in [2.45, 2.75) is 39.0 Å². The molecule has 2 aromatic heterocycles. The molecular weight excluding hydrogens is 489 g/mol. The van der Waals surface area contributed by atoms with Crippen LogP contribution in [0.4, 0.5) is 23.1 Å². The van der Waals surface area contributed by atoms with E-state index < -0.39 is 12.1 Å². The Kier molecular flexibility index (Phi) is 8.34. The predicted octanol–water partition coefficient (Wildman–Crippen LogP) is 2.90. The number of aryl methyl sites for hydroxylation is 2. The number of nitrogens with zero attached hydrogens (tertiary/aromatic N) is 5. The molecule has 188 valence electrons. The summed E-state index contributed by atoms with van der Waals surface area (Å²) in [6.07, 6.45) is -2.17. The van der Waals surface area contributed by atoms with E-state index in [1.54, 1.807) is 0 Å². The van der Waals surface area contributed by atoms with Gasteiger partial charge >= 0.3 is 18.2 Å². The van der Waals surface area contributed by atoms with Gasteiger partial charge in [0.1, 0.15) is 10.7 Å². The first kappa shape index (κ1) is 26.0. The highest BCUT2D eigenvalue weighted by molar-refractivity contribution is 7.18. The van der Waals surface area contributed by atoms with Crippen LogP contribution in [-0.4, -0.2) is 61.6 Å². The van der Waals surface area contributed by atoms with Crippen LogP contribution >= 0.6 is 11.3 Å². The molecule has 1 saturated heterocycles. The molecule has 2 amide bonds. The summed E-state index contributed by atoms with van der Waals surface area (Å²) in [5, 5.41) is 33.7. The van der Waals surface area contributed by atoms with Crippen molar-refractivity contribution in [2.75, 3.05) is 18.4 Å². The molecule has 1 fully saturated rings. The van der Waals surface area contributed by atoms with Crippen LogP contribution in [0, 0.1) is 13.8 Å². The largest absolute Gasteiger partial charge is 0.490 e. The minimum atomic E-state index is -5.08. The molecule has 1 unspecified atom stereocenters. The lowest BCUT2D eigenvalue weighted by Crippen LogP contribution is -2.28. The molecule has 3 aromatic rings. The molecule has 35 heavy (non-hydrogen) atoms. The number of aromatic nitrogens is 5. The lowest BCUT2D eigenvalue weighted by atomic mass is 10.1. The van der Waals surface area contributed by atoms with Crippen LogP contribution < -0.4 is 16.0 Å². The third kappa shape index (κ3) is 7.71. The number of aliphatic carboxylic acids is 1. The van der Waals surface area contributed by atoms with Gasteiger partial charge in [0.25, 0.3) is 0 Å². The maximum absolute atomic E-state index is 12.2. The van der Waals surface area contributed by atoms with Gasteiger partial charge in [0.15, 0.2) is 0 Å². The van der Waals surface area contributed by atoms with Gasteiger partial charge in [-0.25, -0.2) is 14.3 Å². The van der Waals surface area contributed by atoms with Crippen molar-refractivity contribution in [3.63, 3.8) is 0 Å². The quantitative estimate of drug-likeness (QED) is 0.408.